The summed E-state index contributed by atoms with van der Waals surface area (Å²) in [6, 6.07) is 43.3. The highest BCUT2D eigenvalue weighted by molar-refractivity contribution is 5.86. The Balaban J connectivity index is 1.23. The van der Waals surface area contributed by atoms with Crippen LogP contribution >= 0.6 is 0 Å². The second kappa shape index (κ2) is 10.8. The van der Waals surface area contributed by atoms with Gasteiger partial charge in [-0.25, -0.2) is 0 Å². The summed E-state index contributed by atoms with van der Waals surface area (Å²) in [5.41, 5.74) is 12.1. The Morgan fingerprint density at radius 3 is 1.86 bits per heavy atom. The normalized spacial score (nSPS) is 27.6. The van der Waals surface area contributed by atoms with Gasteiger partial charge in [0.15, 0.2) is 5.75 Å². The summed E-state index contributed by atoms with van der Waals surface area (Å²) in [6.45, 7) is 9.77. The van der Waals surface area contributed by atoms with E-state index in [9.17, 15) is 0 Å². The van der Waals surface area contributed by atoms with E-state index in [0.29, 0.717) is 11.8 Å². The lowest BCUT2D eigenvalue weighted by molar-refractivity contribution is -0.0451. The maximum Gasteiger partial charge on any atom is 0.155 e. The highest BCUT2D eigenvalue weighted by Crippen LogP contribution is 2.70. The number of fused-ring (bicyclic) bond motifs is 3. The zero-order chi connectivity index (χ0) is 33.8. The predicted octanol–water partition coefficient (Wildman–Crippen LogP) is 13.0. The molecule has 1 heterocycles. The summed E-state index contributed by atoms with van der Waals surface area (Å²) in [5.74, 6) is 5.14. The van der Waals surface area contributed by atoms with Gasteiger partial charge in [0.05, 0.1) is 11.4 Å². The lowest BCUT2D eigenvalue weighted by Gasteiger charge is -2.63. The summed E-state index contributed by atoms with van der Waals surface area (Å²) in [7, 11) is 0. The molecular formula is C48H49NO. The van der Waals surface area contributed by atoms with E-state index in [-0.39, 0.29) is 16.2 Å². The molecule has 5 aromatic carbocycles. The van der Waals surface area contributed by atoms with Crippen LogP contribution in [0.5, 0.6) is 11.5 Å². The highest BCUT2D eigenvalue weighted by atomic mass is 16.5. The summed E-state index contributed by atoms with van der Waals surface area (Å²) in [4.78, 5) is 2.55. The summed E-state index contributed by atoms with van der Waals surface area (Å²) >= 11 is 0. The van der Waals surface area contributed by atoms with Crippen molar-refractivity contribution < 1.29 is 4.74 Å². The highest BCUT2D eigenvalue weighted by Gasteiger charge is 2.61. The molecule has 0 amide bonds. The molecule has 50 heavy (non-hydrogen) atoms. The third-order valence-corrected chi connectivity index (χ3v) is 13.9. The first-order chi connectivity index (χ1) is 24.2. The maximum atomic E-state index is 7.35. The van der Waals surface area contributed by atoms with Crippen molar-refractivity contribution in [3.05, 3.63) is 138 Å². The van der Waals surface area contributed by atoms with Gasteiger partial charge in [-0.15, -0.1) is 0 Å². The molecule has 1 spiro atoms. The fourth-order valence-corrected chi connectivity index (χ4v) is 11.8. The number of benzene rings is 5. The van der Waals surface area contributed by atoms with Crippen LogP contribution in [0, 0.1) is 23.7 Å². The van der Waals surface area contributed by atoms with Crippen LogP contribution in [-0.2, 0) is 16.2 Å². The van der Waals surface area contributed by atoms with Gasteiger partial charge in [0, 0.05) is 22.2 Å². The standard InChI is InChI=1S/C48H49NO/c1-46(2)23-24-47(3,4)44-38(46)17-11-19-41(44)49(37-15-9-6-10-16-37)42-20-12-18-39-45(42)50-43-22-21-34(33-13-7-5-8-14-33)30-40(43)48(39)35-26-31-25-32(28-35)29-36(48)27-31/h5-22,30-32,35-36H,23-29H2,1-4H3. The first-order valence-corrected chi connectivity index (χ1v) is 19.2. The molecule has 2 heteroatoms. The molecule has 0 unspecified atom stereocenters. The van der Waals surface area contributed by atoms with Crippen LogP contribution in [0.2, 0.25) is 0 Å². The quantitative estimate of drug-likeness (QED) is 0.191. The fourth-order valence-electron chi connectivity index (χ4n) is 11.8. The van der Waals surface area contributed by atoms with E-state index in [1.807, 2.05) is 0 Å². The SMILES string of the molecule is CC1(C)CCC(C)(C)c2c(N(c3ccccc3)c3cccc4c3Oc3ccc(-c5ccccc5)cc3C43C4CC5CC(C4)CC3C5)cccc21. The van der Waals surface area contributed by atoms with Crippen LogP contribution in [0.4, 0.5) is 17.1 Å². The minimum absolute atomic E-state index is 0.0448. The predicted molar refractivity (Wildman–Crippen MR) is 206 cm³/mol. The number of nitrogens with zero attached hydrogens (tertiary/aromatic N) is 1. The molecule has 252 valence electrons. The second-order valence-electron chi connectivity index (χ2n) is 17.6. The zero-order valence-electron chi connectivity index (χ0n) is 30.1. The fraction of sp³-hybridized carbons (Fsp3) is 0.375. The average molecular weight is 656 g/mol. The molecule has 0 atom stereocenters. The number of hydrogen-bond acceptors (Lipinski definition) is 2. The Hall–Kier alpha value is -4.30. The van der Waals surface area contributed by atoms with Gasteiger partial charge in [0.25, 0.3) is 0 Å². The minimum Gasteiger partial charge on any atom is -0.455 e. The van der Waals surface area contributed by atoms with Gasteiger partial charge in [0.1, 0.15) is 5.75 Å². The molecule has 0 radical (unpaired) electrons. The first kappa shape index (κ1) is 30.5. The molecule has 0 aromatic heterocycles. The number of hydrogen-bond donors (Lipinski definition) is 0. The number of rotatable bonds is 4. The van der Waals surface area contributed by atoms with Crippen LogP contribution in [0.15, 0.2) is 115 Å². The van der Waals surface area contributed by atoms with E-state index in [0.717, 1.165) is 29.0 Å². The molecule has 5 aromatic rings. The molecule has 6 aliphatic rings. The third kappa shape index (κ3) is 4.33. The second-order valence-corrected chi connectivity index (χ2v) is 17.6. The van der Waals surface area contributed by atoms with Crippen LogP contribution in [0.3, 0.4) is 0 Å². The molecule has 11 rings (SSSR count). The van der Waals surface area contributed by atoms with E-state index in [2.05, 4.69) is 148 Å². The van der Waals surface area contributed by atoms with E-state index in [1.54, 1.807) is 0 Å². The van der Waals surface area contributed by atoms with Crippen LogP contribution in [0.25, 0.3) is 11.1 Å². The molecule has 0 N–H and O–H groups in total. The lowest BCUT2D eigenvalue weighted by Crippen LogP contribution is -2.57. The van der Waals surface area contributed by atoms with E-state index in [1.165, 1.54) is 89.7 Å². The van der Waals surface area contributed by atoms with Crippen LogP contribution < -0.4 is 9.64 Å². The zero-order valence-corrected chi connectivity index (χ0v) is 30.1. The molecular weight excluding hydrogens is 607 g/mol. The Bertz CT molecular complexity index is 2080. The van der Waals surface area contributed by atoms with Gasteiger partial charge in [-0.05, 0) is 138 Å². The number of para-hydroxylation sites is 2. The average Bonchev–Trinajstić information content (AvgIpc) is 3.12. The largest absolute Gasteiger partial charge is 0.455 e. The van der Waals surface area contributed by atoms with Crippen molar-refractivity contribution >= 4 is 17.1 Å². The number of ether oxygens (including phenoxy) is 1. The summed E-state index contributed by atoms with van der Waals surface area (Å²) < 4.78 is 7.35. The Kier molecular flexibility index (Phi) is 6.62. The maximum absolute atomic E-state index is 7.35. The van der Waals surface area contributed by atoms with Gasteiger partial charge in [-0.3, -0.25) is 0 Å². The Morgan fingerprint density at radius 2 is 1.16 bits per heavy atom. The summed E-state index contributed by atoms with van der Waals surface area (Å²) in [5, 5.41) is 0. The van der Waals surface area contributed by atoms with Crippen molar-refractivity contribution in [1.82, 2.24) is 0 Å². The van der Waals surface area contributed by atoms with E-state index >= 15 is 0 Å². The Morgan fingerprint density at radius 1 is 0.540 bits per heavy atom. The van der Waals surface area contributed by atoms with Gasteiger partial charge in [-0.1, -0.05) is 107 Å². The molecule has 1 aliphatic heterocycles. The molecule has 4 bridgehead atoms. The first-order valence-electron chi connectivity index (χ1n) is 19.2. The topological polar surface area (TPSA) is 12.5 Å². The molecule has 0 saturated heterocycles. The van der Waals surface area contributed by atoms with Crippen molar-refractivity contribution in [2.24, 2.45) is 23.7 Å². The van der Waals surface area contributed by atoms with Crippen molar-refractivity contribution in [1.29, 1.82) is 0 Å². The van der Waals surface area contributed by atoms with Crippen molar-refractivity contribution in [2.75, 3.05) is 4.90 Å². The van der Waals surface area contributed by atoms with Crippen molar-refractivity contribution in [2.45, 2.75) is 88.9 Å². The van der Waals surface area contributed by atoms with E-state index in [4.69, 9.17) is 4.74 Å². The van der Waals surface area contributed by atoms with Gasteiger partial charge in [-0.2, -0.15) is 0 Å². The molecule has 4 saturated carbocycles. The van der Waals surface area contributed by atoms with Gasteiger partial charge < -0.3 is 9.64 Å². The van der Waals surface area contributed by atoms with Crippen molar-refractivity contribution in [3.8, 4) is 22.6 Å². The third-order valence-electron chi connectivity index (χ3n) is 13.9. The molecule has 4 fully saturated rings. The minimum atomic E-state index is -0.0448. The number of anilines is 3. The monoisotopic (exact) mass is 655 g/mol. The Labute approximate surface area is 298 Å². The summed E-state index contributed by atoms with van der Waals surface area (Å²) in [6.07, 6.45) is 9.15. The van der Waals surface area contributed by atoms with Gasteiger partial charge >= 0.3 is 0 Å². The van der Waals surface area contributed by atoms with Gasteiger partial charge in [0.2, 0.25) is 0 Å². The van der Waals surface area contributed by atoms with Crippen LogP contribution in [0.1, 0.15) is 94.9 Å². The molecule has 2 nitrogen and oxygen atoms in total. The van der Waals surface area contributed by atoms with Crippen molar-refractivity contribution in [3.63, 3.8) is 0 Å². The van der Waals surface area contributed by atoms with E-state index < -0.39 is 0 Å². The smallest absolute Gasteiger partial charge is 0.155 e. The molecule has 5 aliphatic carbocycles. The van der Waals surface area contributed by atoms with Crippen LogP contribution in [-0.4, -0.2) is 0 Å². The lowest BCUT2D eigenvalue weighted by atomic mass is 9.41.